The van der Waals surface area contributed by atoms with Crippen LogP contribution in [0.15, 0.2) is 59.5 Å². The zero-order chi connectivity index (χ0) is 17.8. The van der Waals surface area contributed by atoms with Crippen molar-refractivity contribution in [2.24, 2.45) is 0 Å². The number of nitrogens with zero attached hydrogens (tertiary/aromatic N) is 4. The van der Waals surface area contributed by atoms with Crippen LogP contribution in [0.25, 0.3) is 15.5 Å². The quantitative estimate of drug-likeness (QED) is 0.372. The zero-order valence-corrected chi connectivity index (χ0v) is 15.3. The van der Waals surface area contributed by atoms with Crippen LogP contribution in [0.1, 0.15) is 5.82 Å². The van der Waals surface area contributed by atoms with Gasteiger partial charge in [0.2, 0.25) is 4.96 Å². The fourth-order valence-electron chi connectivity index (χ4n) is 2.35. The molecule has 0 N–H and O–H groups in total. The smallest absolute Gasteiger partial charge is 0.235 e. The van der Waals surface area contributed by atoms with Gasteiger partial charge in [0.15, 0.2) is 5.82 Å². The van der Waals surface area contributed by atoms with Crippen molar-refractivity contribution < 1.29 is 4.74 Å². The molecule has 2 heterocycles. The lowest BCUT2D eigenvalue weighted by atomic mass is 10.2. The van der Waals surface area contributed by atoms with Crippen molar-refractivity contribution in [1.29, 1.82) is 0 Å². The van der Waals surface area contributed by atoms with E-state index in [0.29, 0.717) is 5.75 Å². The van der Waals surface area contributed by atoms with E-state index in [-0.39, 0.29) is 6.61 Å². The molecule has 0 saturated heterocycles. The lowest BCUT2D eigenvalue weighted by Crippen LogP contribution is -1.94. The Balaban J connectivity index is 1.53. The Morgan fingerprint density at radius 3 is 2.65 bits per heavy atom. The third-order valence-corrected chi connectivity index (χ3v) is 5.55. The highest BCUT2D eigenvalue weighted by atomic mass is 32.2. The van der Waals surface area contributed by atoms with Crippen LogP contribution < -0.4 is 4.74 Å². The van der Waals surface area contributed by atoms with Crippen LogP contribution in [0.3, 0.4) is 0 Å². The van der Waals surface area contributed by atoms with Gasteiger partial charge >= 0.3 is 0 Å². The number of hydrogen-bond acceptors (Lipinski definition) is 6. The summed E-state index contributed by atoms with van der Waals surface area (Å²) >= 11 is 3.23. The molecule has 2 aromatic heterocycles. The largest absolute Gasteiger partial charge is 0.481 e. The molecule has 0 bridgehead atoms. The third kappa shape index (κ3) is 3.57. The Labute approximate surface area is 159 Å². The Bertz CT molecular complexity index is 1050. The van der Waals surface area contributed by atoms with Crippen LogP contribution in [0.5, 0.6) is 5.75 Å². The molecule has 0 amide bonds. The molecule has 0 aliphatic rings. The van der Waals surface area contributed by atoms with Crippen LogP contribution in [0.4, 0.5) is 0 Å². The van der Waals surface area contributed by atoms with E-state index in [1.807, 2.05) is 47.0 Å². The van der Waals surface area contributed by atoms with Crippen LogP contribution in [0, 0.1) is 12.3 Å². The summed E-state index contributed by atoms with van der Waals surface area (Å²) in [5.41, 5.74) is 1.01. The van der Waals surface area contributed by atoms with Gasteiger partial charge in [-0.2, -0.15) is 9.61 Å². The predicted octanol–water partition coefficient (Wildman–Crippen LogP) is 4.16. The average Bonchev–Trinajstić information content (AvgIpc) is 3.27. The molecule has 0 fully saturated rings. The summed E-state index contributed by atoms with van der Waals surface area (Å²) in [6.07, 6.45) is 5.20. The lowest BCUT2D eigenvalue weighted by Gasteiger charge is -2.02. The third-order valence-electron chi connectivity index (χ3n) is 3.59. The molecule has 5 nitrogen and oxygen atoms in total. The molecule has 4 aromatic rings. The highest BCUT2D eigenvalue weighted by Crippen LogP contribution is 2.28. The predicted molar refractivity (Wildman–Crippen MR) is 104 cm³/mol. The van der Waals surface area contributed by atoms with Crippen LogP contribution >= 0.6 is 23.1 Å². The number of benzene rings is 2. The SMILES string of the molecule is C#CCOc1ccc(-c2nn3c(CSc4ccccc4)nnc3s2)cc1. The number of fused-ring (bicyclic) bond motifs is 1. The van der Waals surface area contributed by atoms with E-state index < -0.39 is 0 Å². The monoisotopic (exact) mass is 378 g/mol. The molecule has 0 aliphatic carbocycles. The highest BCUT2D eigenvalue weighted by Gasteiger charge is 2.13. The summed E-state index contributed by atoms with van der Waals surface area (Å²) in [5, 5.41) is 14.1. The molecule has 2 aromatic carbocycles. The molecule has 7 heteroatoms. The molecule has 26 heavy (non-hydrogen) atoms. The molecule has 0 atom stereocenters. The number of thioether (sulfide) groups is 1. The van der Waals surface area contributed by atoms with E-state index >= 15 is 0 Å². The van der Waals surface area contributed by atoms with Crippen molar-refractivity contribution in [3.05, 3.63) is 60.4 Å². The molecule has 0 saturated carbocycles. The summed E-state index contributed by atoms with van der Waals surface area (Å²) in [6, 6.07) is 17.9. The number of rotatable bonds is 6. The van der Waals surface area contributed by atoms with Gasteiger partial charge < -0.3 is 4.74 Å². The van der Waals surface area contributed by atoms with Gasteiger partial charge in [0.1, 0.15) is 17.4 Å². The molecular weight excluding hydrogens is 364 g/mol. The van der Waals surface area contributed by atoms with Crippen molar-refractivity contribution in [3.63, 3.8) is 0 Å². The number of hydrogen-bond donors (Lipinski definition) is 0. The van der Waals surface area contributed by atoms with Crippen LogP contribution in [-0.2, 0) is 5.75 Å². The molecular formula is C19H14N4OS2. The van der Waals surface area contributed by atoms with E-state index in [1.165, 1.54) is 16.2 Å². The number of ether oxygens (including phenoxy) is 1. The topological polar surface area (TPSA) is 52.3 Å². The normalized spacial score (nSPS) is 10.7. The summed E-state index contributed by atoms with van der Waals surface area (Å²) < 4.78 is 7.22. The zero-order valence-electron chi connectivity index (χ0n) is 13.7. The van der Waals surface area contributed by atoms with Gasteiger partial charge in [-0.05, 0) is 36.4 Å². The second-order valence-corrected chi connectivity index (χ2v) is 7.34. The Hall–Kier alpha value is -2.82. The van der Waals surface area contributed by atoms with Gasteiger partial charge in [-0.3, -0.25) is 0 Å². The van der Waals surface area contributed by atoms with Gasteiger partial charge in [0, 0.05) is 10.5 Å². The maximum atomic E-state index is 5.40. The first-order chi connectivity index (χ1) is 12.8. The van der Waals surface area contributed by atoms with Crippen molar-refractivity contribution in [1.82, 2.24) is 19.8 Å². The summed E-state index contributed by atoms with van der Waals surface area (Å²) in [4.78, 5) is 1.98. The van der Waals surface area contributed by atoms with Crippen LogP contribution in [-0.4, -0.2) is 26.4 Å². The molecule has 0 aliphatic heterocycles. The summed E-state index contributed by atoms with van der Waals surface area (Å²) in [5.74, 6) is 4.75. The minimum Gasteiger partial charge on any atom is -0.481 e. The van der Waals surface area contributed by atoms with E-state index in [1.54, 1.807) is 11.8 Å². The van der Waals surface area contributed by atoms with E-state index in [2.05, 4.69) is 33.3 Å². The van der Waals surface area contributed by atoms with Crippen molar-refractivity contribution >= 4 is 28.1 Å². The Morgan fingerprint density at radius 1 is 1.08 bits per heavy atom. The second kappa shape index (κ2) is 7.60. The minimum absolute atomic E-state index is 0.262. The van der Waals surface area contributed by atoms with E-state index in [4.69, 9.17) is 11.2 Å². The van der Waals surface area contributed by atoms with E-state index in [0.717, 1.165) is 27.1 Å². The summed E-state index contributed by atoms with van der Waals surface area (Å²) in [6.45, 7) is 0.262. The molecule has 0 radical (unpaired) electrons. The molecule has 4 rings (SSSR count). The number of terminal acetylenes is 1. The van der Waals surface area contributed by atoms with Crippen molar-refractivity contribution in [2.75, 3.05) is 6.61 Å². The fraction of sp³-hybridized carbons (Fsp3) is 0.105. The van der Waals surface area contributed by atoms with Crippen molar-refractivity contribution in [3.8, 4) is 28.7 Å². The van der Waals surface area contributed by atoms with Gasteiger partial charge in [-0.1, -0.05) is 35.5 Å². The van der Waals surface area contributed by atoms with Gasteiger partial charge in [-0.25, -0.2) is 0 Å². The van der Waals surface area contributed by atoms with Crippen LogP contribution in [0.2, 0.25) is 0 Å². The van der Waals surface area contributed by atoms with Gasteiger partial charge in [-0.15, -0.1) is 28.4 Å². The summed E-state index contributed by atoms with van der Waals surface area (Å²) in [7, 11) is 0. The van der Waals surface area contributed by atoms with E-state index in [9.17, 15) is 0 Å². The first kappa shape index (κ1) is 16.6. The van der Waals surface area contributed by atoms with Crippen molar-refractivity contribution in [2.45, 2.75) is 10.6 Å². The molecule has 0 spiro atoms. The standard InChI is InChI=1S/C19H14N4OS2/c1-2-12-24-15-10-8-14(9-11-15)18-22-23-17(20-21-19(23)26-18)13-25-16-6-4-3-5-7-16/h1,3-11H,12-13H2. The fourth-order valence-corrected chi connectivity index (χ4v) is 4.04. The average molecular weight is 378 g/mol. The maximum absolute atomic E-state index is 5.40. The van der Waals surface area contributed by atoms with Gasteiger partial charge in [0.05, 0.1) is 5.75 Å². The number of aromatic nitrogens is 4. The molecule has 0 unspecified atom stereocenters. The highest BCUT2D eigenvalue weighted by molar-refractivity contribution is 7.98. The van der Waals surface area contributed by atoms with Gasteiger partial charge in [0.25, 0.3) is 0 Å². The second-order valence-electron chi connectivity index (χ2n) is 5.34. The Kier molecular flexibility index (Phi) is 4.86. The first-order valence-electron chi connectivity index (χ1n) is 7.89. The lowest BCUT2D eigenvalue weighted by molar-refractivity contribution is 0.370. The molecule has 128 valence electrons. The Morgan fingerprint density at radius 2 is 1.88 bits per heavy atom. The first-order valence-corrected chi connectivity index (χ1v) is 9.69. The minimum atomic E-state index is 0.262. The maximum Gasteiger partial charge on any atom is 0.235 e.